The molecule has 4 rings (SSSR count). The van der Waals surface area contributed by atoms with E-state index in [0.717, 1.165) is 0 Å². The molecule has 1 aliphatic carbocycles. The molecule has 3 atom stereocenters. The van der Waals surface area contributed by atoms with Crippen LogP contribution < -0.4 is 10.4 Å². The van der Waals surface area contributed by atoms with E-state index in [-0.39, 0.29) is 17.4 Å². The summed E-state index contributed by atoms with van der Waals surface area (Å²) in [5, 5.41) is 23.7. The Balaban J connectivity index is 1.75. The Kier molecular flexibility index (Phi) is 6.40. The highest BCUT2D eigenvalue weighted by Gasteiger charge is 2.57. The van der Waals surface area contributed by atoms with Gasteiger partial charge in [-0.1, -0.05) is 81.4 Å². The Morgan fingerprint density at radius 2 is 1.44 bits per heavy atom. The van der Waals surface area contributed by atoms with Crippen molar-refractivity contribution in [1.29, 1.82) is 0 Å². The summed E-state index contributed by atoms with van der Waals surface area (Å²) >= 11 is 0. The second-order valence-electron chi connectivity index (χ2n) is 10.5. The lowest BCUT2D eigenvalue weighted by Crippen LogP contribution is -2.68. The van der Waals surface area contributed by atoms with Crippen LogP contribution in [0.25, 0.3) is 0 Å². The first-order valence-electron chi connectivity index (χ1n) is 11.5. The monoisotopic (exact) mass is 456 g/mol. The molecular formula is C26H36O5Si. The van der Waals surface area contributed by atoms with E-state index in [1.807, 2.05) is 12.1 Å². The molecule has 32 heavy (non-hydrogen) atoms. The standard InChI is InChI=1S/C26H36O5Si/c1-24(2,3)32(21-11-7-5-8-12-21,22-13-9-6-10-14-22)31-19-20-17-25(4,28)23(27)18-26(20)29-15-16-30-26/h5-14,20,23,27-28H,15-19H2,1-4H3/t20-,23-,25+/m0/s1. The van der Waals surface area contributed by atoms with Crippen molar-refractivity contribution in [1.82, 2.24) is 0 Å². The van der Waals surface area contributed by atoms with E-state index in [4.69, 9.17) is 13.9 Å². The van der Waals surface area contributed by atoms with Crippen molar-refractivity contribution in [2.24, 2.45) is 5.92 Å². The molecule has 1 saturated carbocycles. The summed E-state index contributed by atoms with van der Waals surface area (Å²) in [6.45, 7) is 9.80. The van der Waals surface area contributed by atoms with Crippen LogP contribution in [-0.2, 0) is 13.9 Å². The van der Waals surface area contributed by atoms with Crippen molar-refractivity contribution in [3.05, 3.63) is 60.7 Å². The van der Waals surface area contributed by atoms with Crippen molar-refractivity contribution in [3.63, 3.8) is 0 Å². The summed E-state index contributed by atoms with van der Waals surface area (Å²) in [4.78, 5) is 0. The Morgan fingerprint density at radius 1 is 0.938 bits per heavy atom. The molecule has 0 aromatic heterocycles. The highest BCUT2D eigenvalue weighted by molar-refractivity contribution is 6.99. The number of rotatable bonds is 5. The van der Waals surface area contributed by atoms with Crippen LogP contribution in [0, 0.1) is 5.92 Å². The lowest BCUT2D eigenvalue weighted by atomic mass is 9.73. The normalized spacial score (nSPS) is 28.2. The van der Waals surface area contributed by atoms with Crippen LogP contribution in [0.2, 0.25) is 5.04 Å². The lowest BCUT2D eigenvalue weighted by Gasteiger charge is -2.49. The highest BCUT2D eigenvalue weighted by Crippen LogP contribution is 2.46. The molecule has 2 fully saturated rings. The highest BCUT2D eigenvalue weighted by atomic mass is 28.4. The maximum absolute atomic E-state index is 10.9. The number of ether oxygens (including phenoxy) is 2. The van der Waals surface area contributed by atoms with Crippen molar-refractivity contribution >= 4 is 18.7 Å². The predicted molar refractivity (Wildman–Crippen MR) is 128 cm³/mol. The van der Waals surface area contributed by atoms with Crippen LogP contribution >= 0.6 is 0 Å². The number of aliphatic hydroxyl groups is 2. The molecule has 6 heteroatoms. The van der Waals surface area contributed by atoms with Gasteiger partial charge < -0.3 is 24.1 Å². The minimum atomic E-state index is -2.72. The molecule has 2 N–H and O–H groups in total. The maximum Gasteiger partial charge on any atom is 0.261 e. The fraction of sp³-hybridized carbons (Fsp3) is 0.538. The molecule has 174 valence electrons. The van der Waals surface area contributed by atoms with E-state index in [0.29, 0.717) is 26.2 Å². The molecule has 1 saturated heterocycles. The third-order valence-corrected chi connectivity index (χ3v) is 12.2. The van der Waals surface area contributed by atoms with Crippen molar-refractivity contribution in [3.8, 4) is 0 Å². The summed E-state index contributed by atoms with van der Waals surface area (Å²) in [6, 6.07) is 21.0. The van der Waals surface area contributed by atoms with Crippen LogP contribution in [-0.4, -0.2) is 55.8 Å². The summed E-state index contributed by atoms with van der Waals surface area (Å²) in [7, 11) is -2.72. The minimum Gasteiger partial charge on any atom is -0.407 e. The average Bonchev–Trinajstić information content (AvgIpc) is 3.22. The number of hydrogen-bond acceptors (Lipinski definition) is 5. The van der Waals surface area contributed by atoms with Crippen LogP contribution in [0.1, 0.15) is 40.5 Å². The van der Waals surface area contributed by atoms with Gasteiger partial charge in [0.15, 0.2) is 5.79 Å². The van der Waals surface area contributed by atoms with Gasteiger partial charge in [-0.2, -0.15) is 0 Å². The summed E-state index contributed by atoms with van der Waals surface area (Å²) in [5.41, 5.74) is -1.21. The van der Waals surface area contributed by atoms with Gasteiger partial charge in [0.1, 0.15) is 0 Å². The summed E-state index contributed by atoms with van der Waals surface area (Å²) in [6.07, 6.45) is -0.300. The maximum atomic E-state index is 10.9. The first kappa shape index (κ1) is 23.6. The fourth-order valence-corrected chi connectivity index (χ4v) is 10.1. The lowest BCUT2D eigenvalue weighted by molar-refractivity contribution is -0.268. The second-order valence-corrected chi connectivity index (χ2v) is 14.8. The predicted octanol–water partition coefficient (Wildman–Crippen LogP) is 2.83. The number of benzene rings is 2. The average molecular weight is 457 g/mol. The number of aliphatic hydroxyl groups excluding tert-OH is 1. The Morgan fingerprint density at radius 3 is 1.91 bits per heavy atom. The van der Waals surface area contributed by atoms with Gasteiger partial charge >= 0.3 is 0 Å². The van der Waals surface area contributed by atoms with E-state index < -0.39 is 25.8 Å². The third kappa shape index (κ3) is 4.09. The molecule has 0 bridgehead atoms. The molecule has 0 unspecified atom stereocenters. The second kappa shape index (κ2) is 8.67. The first-order chi connectivity index (χ1) is 15.1. The first-order valence-corrected chi connectivity index (χ1v) is 13.4. The van der Waals surface area contributed by atoms with Crippen molar-refractivity contribution in [2.75, 3.05) is 19.8 Å². The van der Waals surface area contributed by atoms with E-state index in [1.54, 1.807) is 6.92 Å². The van der Waals surface area contributed by atoms with Gasteiger partial charge in [-0.3, -0.25) is 0 Å². The SMILES string of the molecule is CC(C)(C)[Si](OC[C@@H]1C[C@@](C)(O)[C@@H](O)CC12OCCO2)(c1ccccc1)c1ccccc1. The molecule has 1 aliphatic heterocycles. The number of hydrogen-bond donors (Lipinski definition) is 2. The van der Waals surface area contributed by atoms with Gasteiger partial charge in [0, 0.05) is 18.9 Å². The zero-order valence-corrected chi connectivity index (χ0v) is 20.6. The molecule has 0 radical (unpaired) electrons. The Hall–Kier alpha value is -1.54. The zero-order valence-electron chi connectivity index (χ0n) is 19.6. The Labute approximate surface area is 192 Å². The van der Waals surface area contributed by atoms with Gasteiger partial charge in [-0.25, -0.2) is 0 Å². The van der Waals surface area contributed by atoms with Gasteiger partial charge in [0.2, 0.25) is 0 Å². The van der Waals surface area contributed by atoms with Gasteiger partial charge in [0.05, 0.1) is 24.9 Å². The molecular weight excluding hydrogens is 420 g/mol. The fourth-order valence-electron chi connectivity index (χ4n) is 5.44. The molecule has 2 aromatic rings. The van der Waals surface area contributed by atoms with E-state index in [9.17, 15) is 10.2 Å². The molecule has 2 aromatic carbocycles. The largest absolute Gasteiger partial charge is 0.407 e. The van der Waals surface area contributed by atoms with Crippen LogP contribution in [0.4, 0.5) is 0 Å². The van der Waals surface area contributed by atoms with E-state index in [2.05, 4.69) is 69.3 Å². The summed E-state index contributed by atoms with van der Waals surface area (Å²) < 4.78 is 19.2. The molecule has 2 aliphatic rings. The van der Waals surface area contributed by atoms with E-state index in [1.165, 1.54) is 10.4 Å². The smallest absolute Gasteiger partial charge is 0.261 e. The third-order valence-electron chi connectivity index (χ3n) is 7.17. The van der Waals surface area contributed by atoms with Crippen LogP contribution in [0.5, 0.6) is 0 Å². The van der Waals surface area contributed by atoms with Crippen molar-refractivity contribution < 1.29 is 24.1 Å². The van der Waals surface area contributed by atoms with Crippen molar-refractivity contribution in [2.45, 2.75) is 63.1 Å². The zero-order chi connectivity index (χ0) is 23.0. The topological polar surface area (TPSA) is 68.2 Å². The molecule has 1 spiro atoms. The van der Waals surface area contributed by atoms with Crippen LogP contribution in [0.15, 0.2) is 60.7 Å². The quantitative estimate of drug-likeness (QED) is 0.678. The Bertz CT molecular complexity index is 848. The molecule has 0 amide bonds. The minimum absolute atomic E-state index is 0.142. The summed E-state index contributed by atoms with van der Waals surface area (Å²) in [5.74, 6) is -1.10. The van der Waals surface area contributed by atoms with Crippen LogP contribution in [0.3, 0.4) is 0 Å². The van der Waals surface area contributed by atoms with Gasteiger partial charge in [0.25, 0.3) is 8.32 Å². The van der Waals surface area contributed by atoms with Gasteiger partial charge in [-0.05, 0) is 28.8 Å². The molecule has 1 heterocycles. The van der Waals surface area contributed by atoms with E-state index >= 15 is 0 Å². The molecule has 5 nitrogen and oxygen atoms in total. The van der Waals surface area contributed by atoms with Gasteiger partial charge in [-0.15, -0.1) is 0 Å².